The number of ether oxygens (including phenoxy) is 1. The van der Waals surface area contributed by atoms with Gasteiger partial charge in [-0.3, -0.25) is 0 Å². The van der Waals surface area contributed by atoms with Crippen LogP contribution in [0.5, 0.6) is 5.75 Å². The Morgan fingerprint density at radius 1 is 1.53 bits per heavy atom. The van der Waals surface area contributed by atoms with Gasteiger partial charge in [-0.15, -0.1) is 0 Å². The number of hydrogen-bond acceptors (Lipinski definition) is 4. The molecule has 2 atom stereocenters. The number of hydrogen-bond donors (Lipinski definition) is 2. The predicted octanol–water partition coefficient (Wildman–Crippen LogP) is 1.16. The van der Waals surface area contributed by atoms with E-state index in [1.807, 2.05) is 6.07 Å². The smallest absolute Gasteiger partial charge is 0.122 e. The third-order valence-electron chi connectivity index (χ3n) is 3.91. The Bertz CT molecular complexity index is 422. The maximum atomic E-state index is 6.42. The van der Waals surface area contributed by atoms with Crippen molar-refractivity contribution in [2.24, 2.45) is 5.73 Å². The van der Waals surface area contributed by atoms with Crippen molar-refractivity contribution in [2.45, 2.75) is 25.4 Å². The third kappa shape index (κ3) is 3.26. The van der Waals surface area contributed by atoms with Crippen LogP contribution in [0.25, 0.3) is 0 Å². The Balaban J connectivity index is 2.16. The molecule has 0 aromatic heterocycles. The van der Waals surface area contributed by atoms with Gasteiger partial charge in [0.25, 0.3) is 0 Å². The van der Waals surface area contributed by atoms with Gasteiger partial charge in [0.1, 0.15) is 5.75 Å². The maximum Gasteiger partial charge on any atom is 0.122 e. The lowest BCUT2D eigenvalue weighted by molar-refractivity contribution is 0.220. The zero-order chi connectivity index (χ0) is 13.8. The molecule has 0 aliphatic carbocycles. The number of benzene rings is 1. The van der Waals surface area contributed by atoms with E-state index in [4.69, 9.17) is 10.5 Å². The van der Waals surface area contributed by atoms with Crippen LogP contribution in [0.3, 0.4) is 0 Å². The van der Waals surface area contributed by atoms with Crippen molar-refractivity contribution in [3.63, 3.8) is 0 Å². The first kappa shape index (κ1) is 14.3. The van der Waals surface area contributed by atoms with Crippen LogP contribution < -0.4 is 15.8 Å². The molecule has 1 fully saturated rings. The summed E-state index contributed by atoms with van der Waals surface area (Å²) in [5.74, 6) is 0.951. The number of aryl methyl sites for hydroxylation is 1. The quantitative estimate of drug-likeness (QED) is 0.856. The molecular weight excluding hydrogens is 238 g/mol. The van der Waals surface area contributed by atoms with Crippen LogP contribution in [-0.2, 0) is 6.42 Å². The SMILES string of the molecule is CCc1cc(C(N)C2CN(C)CCN2)ccc1OC. The van der Waals surface area contributed by atoms with Crippen LogP contribution in [0.1, 0.15) is 24.1 Å². The van der Waals surface area contributed by atoms with Crippen molar-refractivity contribution in [2.75, 3.05) is 33.8 Å². The normalized spacial score (nSPS) is 22.2. The molecule has 1 aromatic carbocycles. The van der Waals surface area contributed by atoms with Gasteiger partial charge in [-0.2, -0.15) is 0 Å². The summed E-state index contributed by atoms with van der Waals surface area (Å²) in [6, 6.07) is 6.63. The van der Waals surface area contributed by atoms with Crippen molar-refractivity contribution < 1.29 is 4.74 Å². The minimum absolute atomic E-state index is 0.0268. The van der Waals surface area contributed by atoms with E-state index in [1.165, 1.54) is 11.1 Å². The highest BCUT2D eigenvalue weighted by Gasteiger charge is 2.24. The molecule has 1 aromatic rings. The largest absolute Gasteiger partial charge is 0.496 e. The molecule has 1 aliphatic rings. The van der Waals surface area contributed by atoms with Crippen molar-refractivity contribution in [3.8, 4) is 5.75 Å². The number of rotatable bonds is 4. The van der Waals surface area contributed by atoms with E-state index in [0.717, 1.165) is 31.8 Å². The molecule has 3 N–H and O–H groups in total. The maximum absolute atomic E-state index is 6.42. The fourth-order valence-corrected chi connectivity index (χ4v) is 2.69. The molecule has 4 nitrogen and oxygen atoms in total. The van der Waals surface area contributed by atoms with E-state index in [-0.39, 0.29) is 6.04 Å². The van der Waals surface area contributed by atoms with Crippen LogP contribution in [0, 0.1) is 0 Å². The van der Waals surface area contributed by atoms with Crippen molar-refractivity contribution >= 4 is 0 Å². The molecule has 106 valence electrons. The topological polar surface area (TPSA) is 50.5 Å². The van der Waals surface area contributed by atoms with Gasteiger partial charge in [0.05, 0.1) is 7.11 Å². The van der Waals surface area contributed by atoms with E-state index in [9.17, 15) is 0 Å². The Morgan fingerprint density at radius 3 is 2.95 bits per heavy atom. The van der Waals surface area contributed by atoms with E-state index >= 15 is 0 Å². The van der Waals surface area contributed by atoms with Gasteiger partial charge in [-0.25, -0.2) is 0 Å². The van der Waals surface area contributed by atoms with Crippen molar-refractivity contribution in [1.29, 1.82) is 0 Å². The first-order valence-electron chi connectivity index (χ1n) is 7.00. The summed E-state index contributed by atoms with van der Waals surface area (Å²) < 4.78 is 5.37. The predicted molar refractivity (Wildman–Crippen MR) is 78.6 cm³/mol. The van der Waals surface area contributed by atoms with Gasteiger partial charge >= 0.3 is 0 Å². The molecule has 0 radical (unpaired) electrons. The number of nitrogens with zero attached hydrogens (tertiary/aromatic N) is 1. The lowest BCUT2D eigenvalue weighted by Gasteiger charge is -2.34. The lowest BCUT2D eigenvalue weighted by atomic mass is 9.96. The van der Waals surface area contributed by atoms with Gasteiger partial charge in [-0.05, 0) is 30.7 Å². The molecular formula is C15H25N3O. The molecule has 0 saturated carbocycles. The van der Waals surface area contributed by atoms with E-state index in [0.29, 0.717) is 6.04 Å². The van der Waals surface area contributed by atoms with Crippen LogP contribution in [0.4, 0.5) is 0 Å². The van der Waals surface area contributed by atoms with Crippen LogP contribution >= 0.6 is 0 Å². The van der Waals surface area contributed by atoms with Gasteiger partial charge < -0.3 is 20.7 Å². The molecule has 0 amide bonds. The Hall–Kier alpha value is -1.10. The fraction of sp³-hybridized carbons (Fsp3) is 0.600. The molecule has 4 heteroatoms. The number of nitrogens with one attached hydrogen (secondary N) is 1. The fourth-order valence-electron chi connectivity index (χ4n) is 2.69. The first-order chi connectivity index (χ1) is 9.15. The van der Waals surface area contributed by atoms with Gasteiger partial charge in [0.15, 0.2) is 0 Å². The molecule has 0 spiro atoms. The molecule has 0 bridgehead atoms. The average Bonchev–Trinajstić information content (AvgIpc) is 2.45. The highest BCUT2D eigenvalue weighted by Crippen LogP contribution is 2.25. The van der Waals surface area contributed by atoms with Crippen molar-refractivity contribution in [1.82, 2.24) is 10.2 Å². The molecule has 2 rings (SSSR count). The average molecular weight is 263 g/mol. The minimum atomic E-state index is 0.0268. The molecule has 1 heterocycles. The summed E-state index contributed by atoms with van der Waals surface area (Å²) >= 11 is 0. The zero-order valence-electron chi connectivity index (χ0n) is 12.1. The van der Waals surface area contributed by atoms with Gasteiger partial charge in [-0.1, -0.05) is 19.1 Å². The molecule has 1 aliphatic heterocycles. The highest BCUT2D eigenvalue weighted by molar-refractivity contribution is 5.38. The summed E-state index contributed by atoms with van der Waals surface area (Å²) in [5, 5.41) is 3.52. The second-order valence-corrected chi connectivity index (χ2v) is 5.27. The van der Waals surface area contributed by atoms with Crippen LogP contribution in [0.2, 0.25) is 0 Å². The number of piperazine rings is 1. The summed E-state index contributed by atoms with van der Waals surface area (Å²) in [4.78, 5) is 2.32. The standard InChI is InChI=1S/C15H25N3O/c1-4-11-9-12(5-6-14(11)19-3)15(16)13-10-18(2)8-7-17-13/h5-6,9,13,15,17H,4,7-8,10,16H2,1-3H3. The minimum Gasteiger partial charge on any atom is -0.496 e. The third-order valence-corrected chi connectivity index (χ3v) is 3.91. The van der Waals surface area contributed by atoms with Gasteiger partial charge in [0.2, 0.25) is 0 Å². The van der Waals surface area contributed by atoms with Gasteiger partial charge in [0, 0.05) is 31.7 Å². The molecule has 19 heavy (non-hydrogen) atoms. The zero-order valence-corrected chi connectivity index (χ0v) is 12.1. The Kier molecular flexibility index (Phi) is 4.80. The summed E-state index contributed by atoms with van der Waals surface area (Å²) in [5.41, 5.74) is 8.82. The monoisotopic (exact) mass is 263 g/mol. The number of likely N-dealkylation sites (N-methyl/N-ethyl adjacent to an activating group) is 1. The Labute approximate surface area is 115 Å². The molecule has 2 unspecified atom stereocenters. The first-order valence-corrected chi connectivity index (χ1v) is 7.00. The lowest BCUT2D eigenvalue weighted by Crippen LogP contribution is -2.53. The Morgan fingerprint density at radius 2 is 2.32 bits per heavy atom. The summed E-state index contributed by atoms with van der Waals surface area (Å²) in [6.45, 7) is 5.23. The summed E-state index contributed by atoms with van der Waals surface area (Å²) in [6.07, 6.45) is 0.960. The number of methoxy groups -OCH3 is 1. The van der Waals surface area contributed by atoms with E-state index in [2.05, 4.69) is 36.3 Å². The second-order valence-electron chi connectivity index (χ2n) is 5.27. The number of nitrogens with two attached hydrogens (primary N) is 1. The van der Waals surface area contributed by atoms with Crippen LogP contribution in [0.15, 0.2) is 18.2 Å². The molecule has 1 saturated heterocycles. The highest BCUT2D eigenvalue weighted by atomic mass is 16.5. The summed E-state index contributed by atoms with van der Waals surface area (Å²) in [7, 11) is 3.86. The van der Waals surface area contributed by atoms with Crippen LogP contribution in [-0.4, -0.2) is 44.7 Å². The van der Waals surface area contributed by atoms with E-state index < -0.39 is 0 Å². The van der Waals surface area contributed by atoms with E-state index in [1.54, 1.807) is 7.11 Å². The second kappa shape index (κ2) is 6.37. The van der Waals surface area contributed by atoms with Crippen molar-refractivity contribution in [3.05, 3.63) is 29.3 Å².